The first-order valence-electron chi connectivity index (χ1n) is 4.76. The molecule has 0 saturated heterocycles. The second-order valence-electron chi connectivity index (χ2n) is 2.99. The summed E-state index contributed by atoms with van der Waals surface area (Å²) < 4.78 is 4.74. The van der Waals surface area contributed by atoms with Crippen LogP contribution in [-0.4, -0.2) is 31.1 Å². The topological polar surface area (TPSA) is 81.4 Å². The summed E-state index contributed by atoms with van der Waals surface area (Å²) in [6.45, 7) is 4.45. The summed E-state index contributed by atoms with van der Waals surface area (Å²) in [4.78, 5) is 21.5. The Morgan fingerprint density at radius 3 is 2.64 bits per heavy atom. The largest absolute Gasteiger partial charge is 0.466 e. The van der Waals surface area contributed by atoms with Crippen molar-refractivity contribution in [2.75, 3.05) is 13.2 Å². The first-order valence-corrected chi connectivity index (χ1v) is 4.76. The van der Waals surface area contributed by atoms with Gasteiger partial charge >= 0.3 is 5.97 Å². The van der Waals surface area contributed by atoms with Crippen molar-refractivity contribution >= 4 is 11.9 Å². The Morgan fingerprint density at radius 2 is 2.14 bits per heavy atom. The number of esters is 1. The number of amides is 1. The number of carbonyl (C=O) groups is 2. The molecule has 0 aliphatic rings. The van der Waals surface area contributed by atoms with Crippen molar-refractivity contribution < 1.29 is 14.3 Å². The lowest BCUT2D eigenvalue weighted by Gasteiger charge is -2.08. The average Bonchev–Trinajstić information content (AvgIpc) is 2.12. The molecule has 82 valence electrons. The number of hydrogen-bond donors (Lipinski definition) is 2. The molecule has 0 fully saturated rings. The van der Waals surface area contributed by atoms with Gasteiger partial charge in [-0.1, -0.05) is 0 Å². The van der Waals surface area contributed by atoms with E-state index in [1.807, 2.05) is 0 Å². The third-order valence-electron chi connectivity index (χ3n) is 1.74. The van der Waals surface area contributed by atoms with E-state index >= 15 is 0 Å². The second-order valence-corrected chi connectivity index (χ2v) is 2.99. The van der Waals surface area contributed by atoms with Crippen molar-refractivity contribution in [3.8, 4) is 0 Å². The number of nitrogens with one attached hydrogen (secondary N) is 1. The van der Waals surface area contributed by atoms with Crippen LogP contribution in [-0.2, 0) is 14.3 Å². The van der Waals surface area contributed by atoms with Gasteiger partial charge in [0.2, 0.25) is 5.91 Å². The standard InChI is InChI=1S/C9H18N2O3/c1-3-14-8(12)5-4-6-11-7(2)9(10)13/h7,11H,3-6H2,1-2H3,(H2,10,13). The van der Waals surface area contributed by atoms with E-state index < -0.39 is 0 Å². The molecule has 1 unspecified atom stereocenters. The normalized spacial score (nSPS) is 12.1. The van der Waals surface area contributed by atoms with Crippen LogP contribution in [0, 0.1) is 0 Å². The van der Waals surface area contributed by atoms with Crippen LogP contribution < -0.4 is 11.1 Å². The van der Waals surface area contributed by atoms with Gasteiger partial charge in [0.25, 0.3) is 0 Å². The summed E-state index contributed by atoms with van der Waals surface area (Å²) in [7, 11) is 0. The van der Waals surface area contributed by atoms with Crippen LogP contribution in [0.5, 0.6) is 0 Å². The summed E-state index contributed by atoms with van der Waals surface area (Å²) in [5, 5.41) is 2.90. The van der Waals surface area contributed by atoms with Crippen molar-refractivity contribution in [2.24, 2.45) is 5.73 Å². The van der Waals surface area contributed by atoms with Crippen LogP contribution in [0.25, 0.3) is 0 Å². The lowest BCUT2D eigenvalue weighted by atomic mass is 10.2. The summed E-state index contributed by atoms with van der Waals surface area (Å²) in [5.41, 5.74) is 5.03. The Bertz CT molecular complexity index is 194. The van der Waals surface area contributed by atoms with E-state index in [1.54, 1.807) is 13.8 Å². The molecule has 14 heavy (non-hydrogen) atoms. The van der Waals surface area contributed by atoms with Crippen LogP contribution in [0.2, 0.25) is 0 Å². The summed E-state index contributed by atoms with van der Waals surface area (Å²) in [5.74, 6) is -0.595. The highest BCUT2D eigenvalue weighted by molar-refractivity contribution is 5.79. The lowest BCUT2D eigenvalue weighted by Crippen LogP contribution is -2.39. The molecule has 0 aromatic heterocycles. The molecule has 0 aliphatic carbocycles. The van der Waals surface area contributed by atoms with Gasteiger partial charge in [0, 0.05) is 6.42 Å². The number of ether oxygens (including phenoxy) is 1. The minimum atomic E-state index is -0.388. The van der Waals surface area contributed by atoms with Crippen molar-refractivity contribution in [3.05, 3.63) is 0 Å². The molecule has 5 heteroatoms. The molecule has 0 aromatic carbocycles. The Hall–Kier alpha value is -1.10. The van der Waals surface area contributed by atoms with Gasteiger partial charge in [-0.3, -0.25) is 9.59 Å². The van der Waals surface area contributed by atoms with Gasteiger partial charge < -0.3 is 15.8 Å². The highest BCUT2D eigenvalue weighted by Gasteiger charge is 2.07. The van der Waals surface area contributed by atoms with Crippen molar-refractivity contribution in [2.45, 2.75) is 32.7 Å². The molecule has 3 N–H and O–H groups in total. The third-order valence-corrected chi connectivity index (χ3v) is 1.74. The van der Waals surface area contributed by atoms with E-state index in [2.05, 4.69) is 5.32 Å². The van der Waals surface area contributed by atoms with Gasteiger partial charge in [0.05, 0.1) is 12.6 Å². The van der Waals surface area contributed by atoms with Gasteiger partial charge in [-0.2, -0.15) is 0 Å². The highest BCUT2D eigenvalue weighted by Crippen LogP contribution is 1.92. The minimum Gasteiger partial charge on any atom is -0.466 e. The van der Waals surface area contributed by atoms with Gasteiger partial charge in [-0.25, -0.2) is 0 Å². The zero-order valence-corrected chi connectivity index (χ0v) is 8.71. The van der Waals surface area contributed by atoms with Crippen LogP contribution in [0.3, 0.4) is 0 Å². The lowest BCUT2D eigenvalue weighted by molar-refractivity contribution is -0.143. The quantitative estimate of drug-likeness (QED) is 0.442. The van der Waals surface area contributed by atoms with E-state index in [9.17, 15) is 9.59 Å². The van der Waals surface area contributed by atoms with E-state index in [0.717, 1.165) is 0 Å². The molecule has 0 aromatic rings. The monoisotopic (exact) mass is 202 g/mol. The first-order chi connectivity index (χ1) is 6.57. The molecular weight excluding hydrogens is 184 g/mol. The fourth-order valence-electron chi connectivity index (χ4n) is 0.885. The molecule has 0 bridgehead atoms. The van der Waals surface area contributed by atoms with E-state index in [4.69, 9.17) is 10.5 Å². The van der Waals surface area contributed by atoms with Crippen molar-refractivity contribution in [1.82, 2.24) is 5.32 Å². The maximum Gasteiger partial charge on any atom is 0.305 e. The predicted octanol–water partition coefficient (Wildman–Crippen LogP) is -0.207. The molecule has 0 heterocycles. The maximum atomic E-state index is 10.9. The minimum absolute atomic E-state index is 0.207. The zero-order chi connectivity index (χ0) is 11.0. The van der Waals surface area contributed by atoms with E-state index in [-0.39, 0.29) is 17.9 Å². The molecule has 0 radical (unpaired) electrons. The molecule has 0 spiro atoms. The fourth-order valence-corrected chi connectivity index (χ4v) is 0.885. The fraction of sp³-hybridized carbons (Fsp3) is 0.778. The van der Waals surface area contributed by atoms with Gasteiger partial charge in [0.15, 0.2) is 0 Å². The van der Waals surface area contributed by atoms with Gasteiger partial charge in [-0.05, 0) is 26.8 Å². The molecule has 1 atom stereocenters. The van der Waals surface area contributed by atoms with Gasteiger partial charge in [0.1, 0.15) is 0 Å². The maximum absolute atomic E-state index is 10.9. The van der Waals surface area contributed by atoms with Crippen molar-refractivity contribution in [1.29, 1.82) is 0 Å². The number of carbonyl (C=O) groups excluding carboxylic acids is 2. The van der Waals surface area contributed by atoms with Crippen LogP contribution in [0.1, 0.15) is 26.7 Å². The molecule has 5 nitrogen and oxygen atoms in total. The Kier molecular flexibility index (Phi) is 6.74. The average molecular weight is 202 g/mol. The summed E-state index contributed by atoms with van der Waals surface area (Å²) >= 11 is 0. The Balaban J connectivity index is 3.37. The van der Waals surface area contributed by atoms with Gasteiger partial charge in [-0.15, -0.1) is 0 Å². The van der Waals surface area contributed by atoms with Crippen LogP contribution in [0.15, 0.2) is 0 Å². The molecule has 0 rings (SSSR count). The third kappa shape index (κ3) is 6.42. The highest BCUT2D eigenvalue weighted by atomic mass is 16.5. The summed E-state index contributed by atoms with van der Waals surface area (Å²) in [6.07, 6.45) is 1.02. The predicted molar refractivity (Wildman–Crippen MR) is 52.5 cm³/mol. The molecular formula is C9H18N2O3. The molecule has 1 amide bonds. The number of rotatable bonds is 7. The summed E-state index contributed by atoms with van der Waals surface area (Å²) in [6, 6.07) is -0.350. The van der Waals surface area contributed by atoms with E-state index in [1.165, 1.54) is 0 Å². The SMILES string of the molecule is CCOC(=O)CCCNC(C)C(N)=O. The van der Waals surface area contributed by atoms with Crippen LogP contribution >= 0.6 is 0 Å². The van der Waals surface area contributed by atoms with Crippen molar-refractivity contribution in [3.63, 3.8) is 0 Å². The molecule has 0 aliphatic heterocycles. The van der Waals surface area contributed by atoms with E-state index in [0.29, 0.717) is 26.0 Å². The number of nitrogens with two attached hydrogens (primary N) is 1. The second kappa shape index (κ2) is 7.32. The Labute approximate surface area is 84.0 Å². The first kappa shape index (κ1) is 12.9. The smallest absolute Gasteiger partial charge is 0.305 e. The Morgan fingerprint density at radius 1 is 1.50 bits per heavy atom. The van der Waals surface area contributed by atoms with Crippen LogP contribution in [0.4, 0.5) is 0 Å². The zero-order valence-electron chi connectivity index (χ0n) is 8.71. The molecule has 0 saturated carbocycles. The number of hydrogen-bond acceptors (Lipinski definition) is 4. The number of primary amides is 1.